The van der Waals surface area contributed by atoms with Gasteiger partial charge in [0, 0.05) is 11.1 Å². The lowest BCUT2D eigenvalue weighted by Crippen LogP contribution is -2.17. The van der Waals surface area contributed by atoms with Crippen molar-refractivity contribution in [1.29, 1.82) is 0 Å². The average molecular weight is 567 g/mol. The molecule has 9 heteroatoms. The molecule has 0 bridgehead atoms. The molecule has 0 radical (unpaired) electrons. The molecule has 1 aromatic heterocycles. The lowest BCUT2D eigenvalue weighted by Gasteiger charge is -2.21. The van der Waals surface area contributed by atoms with Crippen LogP contribution in [0.2, 0.25) is 10.0 Å². The van der Waals surface area contributed by atoms with E-state index in [9.17, 15) is 9.00 Å². The fourth-order valence-corrected chi connectivity index (χ4v) is 6.42. The number of amides is 1. The molecule has 1 heterocycles. The Kier molecular flexibility index (Phi) is 8.73. The molecule has 1 amide bonds. The SMILES string of the molecule is CC(C)c1cc(-c2ccc(Cl)c(Cl)c2)cc(C(C)C)c1CC(=O)N=S(N)(=O)c1ncc(C(C)(C)C)s1. The molecule has 3 aromatic rings. The second-order valence-corrected chi connectivity index (χ2v) is 14.4. The minimum absolute atomic E-state index is 0.00831. The summed E-state index contributed by atoms with van der Waals surface area (Å²) >= 11 is 13.6. The van der Waals surface area contributed by atoms with Gasteiger partial charge in [-0.2, -0.15) is 0 Å². The van der Waals surface area contributed by atoms with Crippen LogP contribution in [0.25, 0.3) is 11.1 Å². The van der Waals surface area contributed by atoms with Crippen LogP contribution in [0.1, 0.15) is 81.9 Å². The number of aromatic nitrogens is 1. The van der Waals surface area contributed by atoms with E-state index in [4.69, 9.17) is 28.3 Å². The van der Waals surface area contributed by atoms with Crippen LogP contribution in [0, 0.1) is 0 Å². The molecule has 2 aromatic carbocycles. The highest BCUT2D eigenvalue weighted by Crippen LogP contribution is 2.36. The molecule has 0 saturated heterocycles. The van der Waals surface area contributed by atoms with Gasteiger partial charge in [-0.25, -0.2) is 14.3 Å². The standard InChI is InChI=1S/C27H33Cl2N3O2S2/c1-15(2)19-10-18(17-8-9-22(28)23(29)12-17)11-20(16(3)4)21(19)13-25(33)32-36(30,34)26-31-14-24(35-26)27(5,6)7/h8-12,14-16H,13H2,1-7H3,(H2,30,32,33,34). The zero-order chi connectivity index (χ0) is 27.0. The fourth-order valence-electron chi connectivity index (χ4n) is 3.91. The number of halogens is 2. The molecule has 5 nitrogen and oxygen atoms in total. The number of carbonyl (C=O) groups excluding carboxylic acids is 1. The summed E-state index contributed by atoms with van der Waals surface area (Å²) in [7, 11) is -3.44. The second kappa shape index (κ2) is 10.9. The van der Waals surface area contributed by atoms with Gasteiger partial charge in [0.15, 0.2) is 9.92 Å². The van der Waals surface area contributed by atoms with Gasteiger partial charge in [0.05, 0.1) is 16.5 Å². The van der Waals surface area contributed by atoms with Crippen molar-refractivity contribution in [3.05, 3.63) is 68.1 Å². The Labute approximate surface area is 228 Å². The molecule has 2 N–H and O–H groups in total. The smallest absolute Gasteiger partial charge is 0.259 e. The van der Waals surface area contributed by atoms with Gasteiger partial charge < -0.3 is 0 Å². The van der Waals surface area contributed by atoms with Crippen molar-refractivity contribution in [1.82, 2.24) is 4.98 Å². The van der Waals surface area contributed by atoms with E-state index in [1.54, 1.807) is 12.3 Å². The van der Waals surface area contributed by atoms with Crippen LogP contribution in [-0.2, 0) is 26.5 Å². The maximum Gasteiger partial charge on any atom is 0.259 e. The van der Waals surface area contributed by atoms with Crippen molar-refractivity contribution in [3.8, 4) is 11.1 Å². The van der Waals surface area contributed by atoms with E-state index in [2.05, 4.69) is 49.2 Å². The van der Waals surface area contributed by atoms with Crippen molar-refractivity contribution in [2.45, 2.75) is 76.5 Å². The summed E-state index contributed by atoms with van der Waals surface area (Å²) in [6.45, 7) is 14.4. The molecule has 0 spiro atoms. The predicted molar refractivity (Wildman–Crippen MR) is 153 cm³/mol. The van der Waals surface area contributed by atoms with Gasteiger partial charge in [-0.15, -0.1) is 15.7 Å². The lowest BCUT2D eigenvalue weighted by molar-refractivity contribution is -0.117. The minimum atomic E-state index is -3.44. The van der Waals surface area contributed by atoms with Crippen molar-refractivity contribution in [2.24, 2.45) is 9.50 Å². The third-order valence-corrected chi connectivity index (χ3v) is 9.86. The van der Waals surface area contributed by atoms with Crippen molar-refractivity contribution in [2.75, 3.05) is 0 Å². The zero-order valence-corrected chi connectivity index (χ0v) is 24.8. The second-order valence-electron chi connectivity index (χ2n) is 10.5. The van der Waals surface area contributed by atoms with Crippen LogP contribution in [0.4, 0.5) is 0 Å². The highest BCUT2D eigenvalue weighted by atomic mass is 35.5. The molecule has 194 valence electrons. The number of hydrogen-bond acceptors (Lipinski definition) is 4. The normalized spacial score (nSPS) is 13.8. The maximum atomic E-state index is 13.2. The van der Waals surface area contributed by atoms with E-state index >= 15 is 0 Å². The van der Waals surface area contributed by atoms with Crippen LogP contribution in [-0.4, -0.2) is 15.1 Å². The van der Waals surface area contributed by atoms with Crippen LogP contribution in [0.5, 0.6) is 0 Å². The third kappa shape index (κ3) is 6.56. The van der Waals surface area contributed by atoms with E-state index in [1.165, 1.54) is 11.3 Å². The van der Waals surface area contributed by atoms with Gasteiger partial charge in [0.1, 0.15) is 0 Å². The molecule has 0 aliphatic carbocycles. The van der Waals surface area contributed by atoms with Crippen LogP contribution in [0.3, 0.4) is 0 Å². The van der Waals surface area contributed by atoms with Crippen LogP contribution >= 0.6 is 34.5 Å². The topological polar surface area (TPSA) is 85.4 Å². The molecule has 0 aliphatic heterocycles. The van der Waals surface area contributed by atoms with Gasteiger partial charge in [-0.3, -0.25) is 4.79 Å². The number of hydrogen-bond donors (Lipinski definition) is 1. The summed E-state index contributed by atoms with van der Waals surface area (Å²) < 4.78 is 17.3. The average Bonchev–Trinajstić information content (AvgIpc) is 3.27. The van der Waals surface area contributed by atoms with Gasteiger partial charge in [-0.05, 0) is 57.2 Å². The highest BCUT2D eigenvalue weighted by molar-refractivity contribution is 7.93. The van der Waals surface area contributed by atoms with Crippen molar-refractivity contribution in [3.63, 3.8) is 0 Å². The Morgan fingerprint density at radius 3 is 2.08 bits per heavy atom. The van der Waals surface area contributed by atoms with Gasteiger partial charge in [0.2, 0.25) is 4.34 Å². The molecule has 1 atom stereocenters. The largest absolute Gasteiger partial charge is 0.272 e. The first-order chi connectivity index (χ1) is 16.6. The van der Waals surface area contributed by atoms with Gasteiger partial charge >= 0.3 is 0 Å². The minimum Gasteiger partial charge on any atom is -0.272 e. The molecule has 0 fully saturated rings. The van der Waals surface area contributed by atoms with Crippen LogP contribution < -0.4 is 5.14 Å². The zero-order valence-electron chi connectivity index (χ0n) is 21.7. The number of nitrogens with zero attached hydrogens (tertiary/aromatic N) is 2. The number of thiazole rings is 1. The molecule has 1 unspecified atom stereocenters. The number of rotatable bonds is 6. The van der Waals surface area contributed by atoms with Crippen LogP contribution in [0.15, 0.2) is 45.2 Å². The molecular weight excluding hydrogens is 533 g/mol. The first-order valence-electron chi connectivity index (χ1n) is 11.8. The summed E-state index contributed by atoms with van der Waals surface area (Å²) in [5.74, 6) is -0.242. The summed E-state index contributed by atoms with van der Waals surface area (Å²) in [6, 6.07) is 9.71. The monoisotopic (exact) mass is 565 g/mol. The summed E-state index contributed by atoms with van der Waals surface area (Å²) in [5, 5.41) is 7.02. The first kappa shape index (κ1) is 28.8. The molecule has 0 saturated carbocycles. The van der Waals surface area contributed by atoms with E-state index in [0.29, 0.717) is 10.0 Å². The summed E-state index contributed by atoms with van der Waals surface area (Å²) in [4.78, 5) is 18.3. The number of carbonyl (C=O) groups is 1. The Bertz CT molecular complexity index is 1380. The van der Waals surface area contributed by atoms with Gasteiger partial charge in [0.25, 0.3) is 5.91 Å². The van der Waals surface area contributed by atoms with E-state index in [-0.39, 0.29) is 28.0 Å². The van der Waals surface area contributed by atoms with E-state index in [0.717, 1.165) is 32.7 Å². The van der Waals surface area contributed by atoms with E-state index in [1.807, 2.05) is 32.9 Å². The first-order valence-corrected chi connectivity index (χ1v) is 14.9. The molecule has 0 aliphatic rings. The Balaban J connectivity index is 2.05. The summed E-state index contributed by atoms with van der Waals surface area (Å²) in [6.07, 6.45) is 1.66. The summed E-state index contributed by atoms with van der Waals surface area (Å²) in [5.41, 5.74) is 4.72. The third-order valence-electron chi connectivity index (χ3n) is 5.86. The fraction of sp³-hybridized carbons (Fsp3) is 0.407. The Morgan fingerprint density at radius 2 is 1.61 bits per heavy atom. The van der Waals surface area contributed by atoms with Crippen molar-refractivity contribution >= 4 is 50.4 Å². The van der Waals surface area contributed by atoms with E-state index < -0.39 is 15.8 Å². The predicted octanol–water partition coefficient (Wildman–Crippen LogP) is 8.13. The van der Waals surface area contributed by atoms with Gasteiger partial charge in [-0.1, -0.05) is 89.9 Å². The lowest BCUT2D eigenvalue weighted by atomic mass is 9.84. The molecule has 3 rings (SSSR count). The van der Waals surface area contributed by atoms with Crippen molar-refractivity contribution < 1.29 is 9.00 Å². The number of nitrogens with two attached hydrogens (primary N) is 1. The Morgan fingerprint density at radius 1 is 1.03 bits per heavy atom. The highest BCUT2D eigenvalue weighted by Gasteiger charge is 2.23. The molecular formula is C27H33Cl2N3O2S2. The maximum absolute atomic E-state index is 13.2. The Hall–Kier alpha value is -1.77. The molecule has 36 heavy (non-hydrogen) atoms. The number of benzene rings is 2. The quantitative estimate of drug-likeness (QED) is 0.327.